The van der Waals surface area contributed by atoms with Gasteiger partial charge in [0.2, 0.25) is 0 Å². The highest BCUT2D eigenvalue weighted by atomic mass is 16.5. The molecule has 0 amide bonds. The van der Waals surface area contributed by atoms with Crippen molar-refractivity contribution in [3.8, 4) is 284 Å². The highest BCUT2D eigenvalue weighted by Crippen LogP contribution is 2.33. The molecule has 0 spiro atoms. The molecule has 1 saturated heterocycles. The van der Waals surface area contributed by atoms with E-state index in [1.165, 1.54) is 0 Å². The van der Waals surface area contributed by atoms with E-state index in [4.69, 9.17) is 18.9 Å². The molecule has 71 heavy (non-hydrogen) atoms. The maximum Gasteiger partial charge on any atom is 0.385 e. The van der Waals surface area contributed by atoms with Crippen LogP contribution in [0.2, 0.25) is 0 Å². The van der Waals surface area contributed by atoms with E-state index in [9.17, 15) is 14.4 Å². The standard InChI is InChI=1S/C64H26O7/c1-5-8-11-14-17-20-23-26-29-32-35-38-41-44-47-50-61(65)68-54-53-59(56-69-62(66)51-48-45-42-39-36-33-30-27-24-21-18-15-12-9-6-2)64-60(58(4)55-71-64)57-70-63(67)52-49-46-43-40-37-34-31-28-25-22-19-16-13-10-7-3/h58-60,64H,53-57H2,1-4H3/t58-,59?,60+,64?/m1/s1. The van der Waals surface area contributed by atoms with Crippen LogP contribution in [-0.4, -0.2) is 50.4 Å². The lowest BCUT2D eigenvalue weighted by molar-refractivity contribution is -0.144. The van der Waals surface area contributed by atoms with Gasteiger partial charge >= 0.3 is 17.9 Å². The Bertz CT molecular complexity index is 3760. The molecule has 1 heterocycles. The Kier molecular flexibility index (Phi) is 34.5. The molecule has 0 saturated carbocycles. The van der Waals surface area contributed by atoms with Crippen molar-refractivity contribution in [2.45, 2.75) is 40.2 Å². The fraction of sp³-hybridized carbons (Fsp3) is 0.203. The molecular weight excluding hydrogens is 881 g/mol. The average molecular weight is 907 g/mol. The zero-order chi connectivity index (χ0) is 51.3. The SMILES string of the molecule is CC#CC#CC#CC#CC#CC#CC#CC#CC(=O)OCCC(COC(=O)C#CC#CC#CC#CC#CC#CC#CC#CC)C1OC[C@@H](C)[C@@H]1COC(=O)C#CC#CC#CC#CC#CC#CC#CC#CC. The Hall–Kier alpha value is -12.2. The lowest BCUT2D eigenvalue weighted by Gasteiger charge is -2.28. The molecule has 4 atom stereocenters. The van der Waals surface area contributed by atoms with Gasteiger partial charge in [0.1, 0.15) is 0 Å². The van der Waals surface area contributed by atoms with Gasteiger partial charge in [-0.15, -0.1) is 0 Å². The minimum atomic E-state index is -0.890. The van der Waals surface area contributed by atoms with E-state index in [0.717, 1.165) is 0 Å². The van der Waals surface area contributed by atoms with Gasteiger partial charge < -0.3 is 18.9 Å². The van der Waals surface area contributed by atoms with Crippen molar-refractivity contribution in [1.29, 1.82) is 0 Å². The summed E-state index contributed by atoms with van der Waals surface area (Å²) < 4.78 is 22.2. The van der Waals surface area contributed by atoms with Gasteiger partial charge in [-0.3, -0.25) is 0 Å². The number of ether oxygens (including phenoxy) is 4. The summed E-state index contributed by atoms with van der Waals surface area (Å²) in [5.74, 6) is 115. The Balaban J connectivity index is 3.03. The molecule has 7 heteroatoms. The van der Waals surface area contributed by atoms with Crippen LogP contribution in [0.5, 0.6) is 0 Å². The van der Waals surface area contributed by atoms with Crippen molar-refractivity contribution in [3.05, 3.63) is 0 Å². The van der Waals surface area contributed by atoms with Crippen molar-refractivity contribution in [3.63, 3.8) is 0 Å². The topological polar surface area (TPSA) is 88.1 Å². The quantitative estimate of drug-likeness (QED) is 0.158. The molecular formula is C64H26O7. The second-order valence-corrected chi connectivity index (χ2v) is 11.7. The molecule has 1 rings (SSSR count). The predicted molar refractivity (Wildman–Crippen MR) is 267 cm³/mol. The summed E-state index contributed by atoms with van der Waals surface area (Å²) in [5.41, 5.74) is 0. The molecule has 1 aliphatic rings. The maximum atomic E-state index is 12.6. The zero-order valence-electron chi connectivity index (χ0n) is 38.2. The fourth-order valence-corrected chi connectivity index (χ4v) is 4.25. The second kappa shape index (κ2) is 43.1. The van der Waals surface area contributed by atoms with Crippen molar-refractivity contribution in [2.75, 3.05) is 26.4 Å². The molecule has 0 bridgehead atoms. The number of carbonyl (C=O) groups excluding carboxylic acids is 3. The van der Waals surface area contributed by atoms with Gasteiger partial charge in [0.05, 0.1) is 32.5 Å². The van der Waals surface area contributed by atoms with Gasteiger partial charge in [0, 0.05) is 29.6 Å². The lowest BCUT2D eigenvalue weighted by atomic mass is 9.85. The third kappa shape index (κ3) is 34.9. The summed E-state index contributed by atoms with van der Waals surface area (Å²) in [4.78, 5) is 37.4. The molecule has 324 valence electrons. The van der Waals surface area contributed by atoms with Crippen LogP contribution in [0.25, 0.3) is 0 Å². The molecule has 0 aliphatic carbocycles. The first-order chi connectivity index (χ1) is 34.9. The molecule has 2 unspecified atom stereocenters. The van der Waals surface area contributed by atoms with E-state index in [1.807, 2.05) is 6.92 Å². The van der Waals surface area contributed by atoms with Crippen LogP contribution in [0.1, 0.15) is 34.1 Å². The van der Waals surface area contributed by atoms with Crippen LogP contribution >= 0.6 is 0 Å². The van der Waals surface area contributed by atoms with E-state index in [0.29, 0.717) is 6.61 Å². The monoisotopic (exact) mass is 906 g/mol. The van der Waals surface area contributed by atoms with Crippen molar-refractivity contribution in [2.24, 2.45) is 17.8 Å². The van der Waals surface area contributed by atoms with Crippen molar-refractivity contribution in [1.82, 2.24) is 0 Å². The molecule has 0 aromatic carbocycles. The van der Waals surface area contributed by atoms with Gasteiger partial charge in [0.15, 0.2) is 0 Å². The number of rotatable bonds is 8. The number of carbonyl (C=O) groups is 3. The van der Waals surface area contributed by atoms with Gasteiger partial charge in [-0.05, 0) is 282 Å². The largest absolute Gasteiger partial charge is 0.456 e. The average Bonchev–Trinajstić information content (AvgIpc) is 3.74. The van der Waals surface area contributed by atoms with E-state index in [1.54, 1.807) is 20.8 Å². The van der Waals surface area contributed by atoms with E-state index in [-0.39, 0.29) is 38.1 Å². The van der Waals surface area contributed by atoms with Crippen LogP contribution in [0, 0.1) is 302 Å². The van der Waals surface area contributed by atoms with Crippen molar-refractivity contribution >= 4 is 17.9 Å². The number of hydrogen-bond donors (Lipinski definition) is 0. The summed E-state index contributed by atoms with van der Waals surface area (Å²) in [7, 11) is 0. The Labute approximate surface area is 418 Å². The van der Waals surface area contributed by atoms with Crippen LogP contribution < -0.4 is 0 Å². The van der Waals surface area contributed by atoms with E-state index >= 15 is 0 Å². The number of hydrogen-bond acceptors (Lipinski definition) is 7. The molecule has 7 nitrogen and oxygen atoms in total. The Morgan fingerprint density at radius 3 is 0.972 bits per heavy atom. The van der Waals surface area contributed by atoms with Crippen molar-refractivity contribution < 1.29 is 33.3 Å². The molecule has 1 aliphatic heterocycles. The van der Waals surface area contributed by atoms with Gasteiger partial charge in [-0.1, -0.05) is 24.7 Å². The maximum absolute atomic E-state index is 12.6. The van der Waals surface area contributed by atoms with Crippen LogP contribution in [-0.2, 0) is 33.3 Å². The minimum absolute atomic E-state index is 0.0884. The minimum Gasteiger partial charge on any atom is -0.456 e. The van der Waals surface area contributed by atoms with Gasteiger partial charge in [0.25, 0.3) is 0 Å². The first-order valence-corrected chi connectivity index (χ1v) is 19.8. The lowest BCUT2D eigenvalue weighted by Crippen LogP contribution is -2.35. The summed E-state index contributed by atoms with van der Waals surface area (Å²) in [5, 5.41) is 0. The van der Waals surface area contributed by atoms with Gasteiger partial charge in [-0.25, -0.2) is 14.4 Å². The van der Waals surface area contributed by atoms with E-state index in [2.05, 4.69) is 284 Å². The summed E-state index contributed by atoms with van der Waals surface area (Å²) in [6.07, 6.45) is -0.449. The number of esters is 3. The second-order valence-electron chi connectivity index (χ2n) is 11.7. The molecule has 0 radical (unpaired) electrons. The van der Waals surface area contributed by atoms with Crippen LogP contribution in [0.3, 0.4) is 0 Å². The van der Waals surface area contributed by atoms with Crippen LogP contribution in [0.4, 0.5) is 0 Å². The van der Waals surface area contributed by atoms with E-state index < -0.39 is 29.9 Å². The highest BCUT2D eigenvalue weighted by molar-refractivity contribution is 5.90. The van der Waals surface area contributed by atoms with Crippen LogP contribution in [0.15, 0.2) is 0 Å². The Morgan fingerprint density at radius 1 is 0.394 bits per heavy atom. The normalized spacial score (nSPS) is 10.7. The first kappa shape index (κ1) is 56.8. The summed E-state index contributed by atoms with van der Waals surface area (Å²) >= 11 is 0. The fourth-order valence-electron chi connectivity index (χ4n) is 4.25. The highest BCUT2D eigenvalue weighted by Gasteiger charge is 2.40. The Morgan fingerprint density at radius 2 is 0.662 bits per heavy atom. The molecule has 0 aromatic heterocycles. The molecule has 0 N–H and O–H groups in total. The predicted octanol–water partition coefficient (Wildman–Crippen LogP) is 1.41. The smallest absolute Gasteiger partial charge is 0.385 e. The first-order valence-electron chi connectivity index (χ1n) is 19.8. The van der Waals surface area contributed by atoms with Gasteiger partial charge in [-0.2, -0.15) is 0 Å². The third-order valence-electron chi connectivity index (χ3n) is 7.03. The summed E-state index contributed by atoms with van der Waals surface area (Å²) in [6, 6.07) is 0. The third-order valence-corrected chi connectivity index (χ3v) is 7.03. The molecule has 1 fully saturated rings. The zero-order valence-corrected chi connectivity index (χ0v) is 38.2. The summed E-state index contributed by atoms with van der Waals surface area (Å²) in [6.45, 7) is 6.77. The molecule has 0 aromatic rings.